The van der Waals surface area contributed by atoms with Gasteiger partial charge in [-0.05, 0) is 20.3 Å². The molecule has 0 unspecified atom stereocenters. The molecule has 70 valence electrons. The van der Waals surface area contributed by atoms with E-state index in [4.69, 9.17) is 5.11 Å². The molecule has 1 amide bonds. The summed E-state index contributed by atoms with van der Waals surface area (Å²) >= 11 is 0. The first kappa shape index (κ1) is 9.48. The van der Waals surface area contributed by atoms with E-state index in [1.807, 2.05) is 0 Å². The van der Waals surface area contributed by atoms with Crippen molar-refractivity contribution in [2.45, 2.75) is 31.9 Å². The maximum absolute atomic E-state index is 11.0. The zero-order valence-electron chi connectivity index (χ0n) is 7.37. The fraction of sp³-hybridized carbons (Fsp3) is 0.875. The Bertz CT molecular complexity index is 185. The van der Waals surface area contributed by atoms with E-state index in [0.717, 1.165) is 0 Å². The lowest BCUT2D eigenvalue weighted by Crippen LogP contribution is -2.65. The summed E-state index contributed by atoms with van der Waals surface area (Å²) in [5.74, 6) is -0.495. The van der Waals surface area contributed by atoms with Crippen molar-refractivity contribution in [2.75, 3.05) is 6.61 Å². The molecule has 0 spiro atoms. The molecular weight excluding hydrogens is 158 g/mol. The smallest absolute Gasteiger partial charge is 0.228 e. The van der Waals surface area contributed by atoms with E-state index < -0.39 is 5.60 Å². The Kier molecular flexibility index (Phi) is 2.39. The van der Waals surface area contributed by atoms with Crippen molar-refractivity contribution >= 4 is 5.91 Å². The number of carbonyl (C=O) groups is 1. The molecule has 0 aliphatic carbocycles. The Morgan fingerprint density at radius 1 is 1.58 bits per heavy atom. The number of amides is 1. The highest BCUT2D eigenvalue weighted by molar-refractivity contribution is 5.86. The summed E-state index contributed by atoms with van der Waals surface area (Å²) in [4.78, 5) is 11.0. The Labute approximate surface area is 71.6 Å². The van der Waals surface area contributed by atoms with Crippen molar-refractivity contribution in [1.82, 2.24) is 5.32 Å². The van der Waals surface area contributed by atoms with Gasteiger partial charge in [0.25, 0.3) is 0 Å². The molecule has 4 heteroatoms. The van der Waals surface area contributed by atoms with Crippen LogP contribution in [0.15, 0.2) is 0 Å². The SMILES string of the molecule is CC(C)(O)[C@H]1C(=O)N[C@H]1CCO. The van der Waals surface area contributed by atoms with Crippen molar-refractivity contribution in [3.63, 3.8) is 0 Å². The number of hydrogen-bond donors (Lipinski definition) is 3. The summed E-state index contributed by atoms with van der Waals surface area (Å²) in [6.07, 6.45) is 0.514. The number of aliphatic hydroxyl groups excluding tert-OH is 1. The zero-order chi connectivity index (χ0) is 9.35. The van der Waals surface area contributed by atoms with Crippen LogP contribution in [0.25, 0.3) is 0 Å². The van der Waals surface area contributed by atoms with E-state index in [1.54, 1.807) is 13.8 Å². The van der Waals surface area contributed by atoms with E-state index in [9.17, 15) is 9.90 Å². The molecule has 3 N–H and O–H groups in total. The van der Waals surface area contributed by atoms with Gasteiger partial charge in [0.15, 0.2) is 0 Å². The maximum Gasteiger partial charge on any atom is 0.228 e. The highest BCUT2D eigenvalue weighted by atomic mass is 16.3. The largest absolute Gasteiger partial charge is 0.396 e. The van der Waals surface area contributed by atoms with Gasteiger partial charge >= 0.3 is 0 Å². The van der Waals surface area contributed by atoms with E-state index in [0.29, 0.717) is 6.42 Å². The monoisotopic (exact) mass is 173 g/mol. The average molecular weight is 173 g/mol. The molecular formula is C8H15NO3. The summed E-state index contributed by atoms with van der Waals surface area (Å²) in [5.41, 5.74) is -0.984. The lowest BCUT2D eigenvalue weighted by Gasteiger charge is -2.43. The van der Waals surface area contributed by atoms with Gasteiger partial charge in [-0.25, -0.2) is 0 Å². The molecule has 1 aliphatic rings. The zero-order valence-corrected chi connectivity index (χ0v) is 7.37. The predicted molar refractivity (Wildman–Crippen MR) is 43.4 cm³/mol. The first-order valence-corrected chi connectivity index (χ1v) is 4.10. The lowest BCUT2D eigenvalue weighted by atomic mass is 9.77. The van der Waals surface area contributed by atoms with Crippen LogP contribution in [-0.2, 0) is 4.79 Å². The first-order valence-electron chi connectivity index (χ1n) is 4.10. The van der Waals surface area contributed by atoms with Crippen LogP contribution < -0.4 is 5.32 Å². The molecule has 2 atom stereocenters. The number of carbonyl (C=O) groups excluding carboxylic acids is 1. The van der Waals surface area contributed by atoms with Crippen molar-refractivity contribution in [2.24, 2.45) is 5.92 Å². The fourth-order valence-electron chi connectivity index (χ4n) is 1.63. The quantitative estimate of drug-likeness (QED) is 0.492. The Morgan fingerprint density at radius 3 is 2.50 bits per heavy atom. The second-order valence-electron chi connectivity index (χ2n) is 3.76. The van der Waals surface area contributed by atoms with Crippen molar-refractivity contribution in [3.8, 4) is 0 Å². The fourth-order valence-corrected chi connectivity index (χ4v) is 1.63. The molecule has 0 aromatic heterocycles. The number of β-lactam (4-membered cyclic amide) rings is 1. The topological polar surface area (TPSA) is 69.6 Å². The van der Waals surface area contributed by atoms with Crippen LogP contribution in [0.1, 0.15) is 20.3 Å². The number of aliphatic hydroxyl groups is 2. The van der Waals surface area contributed by atoms with Crippen LogP contribution in [0.4, 0.5) is 0 Å². The van der Waals surface area contributed by atoms with Crippen LogP contribution >= 0.6 is 0 Å². The predicted octanol–water partition coefficient (Wildman–Crippen LogP) is -0.746. The summed E-state index contributed by atoms with van der Waals surface area (Å²) < 4.78 is 0. The molecule has 1 saturated heterocycles. The maximum atomic E-state index is 11.0. The highest BCUT2D eigenvalue weighted by Crippen LogP contribution is 2.28. The van der Waals surface area contributed by atoms with Crippen LogP contribution in [0.2, 0.25) is 0 Å². The van der Waals surface area contributed by atoms with Gasteiger partial charge in [-0.3, -0.25) is 4.79 Å². The molecule has 0 aromatic carbocycles. The Balaban J connectivity index is 2.56. The number of hydrogen-bond acceptors (Lipinski definition) is 3. The molecule has 12 heavy (non-hydrogen) atoms. The van der Waals surface area contributed by atoms with Crippen LogP contribution in [0.5, 0.6) is 0 Å². The van der Waals surface area contributed by atoms with Crippen molar-refractivity contribution < 1.29 is 15.0 Å². The summed E-state index contributed by atoms with van der Waals surface area (Å²) in [6, 6.07) is -0.0671. The summed E-state index contributed by atoms with van der Waals surface area (Å²) in [7, 11) is 0. The van der Waals surface area contributed by atoms with Gasteiger partial charge in [-0.15, -0.1) is 0 Å². The normalized spacial score (nSPS) is 29.5. The van der Waals surface area contributed by atoms with Crippen LogP contribution in [0, 0.1) is 5.92 Å². The van der Waals surface area contributed by atoms with Gasteiger partial charge in [0, 0.05) is 12.6 Å². The second-order valence-corrected chi connectivity index (χ2v) is 3.76. The number of nitrogens with one attached hydrogen (secondary N) is 1. The highest BCUT2D eigenvalue weighted by Gasteiger charge is 2.47. The van der Waals surface area contributed by atoms with Crippen LogP contribution in [-0.4, -0.2) is 34.4 Å². The summed E-state index contributed by atoms with van der Waals surface area (Å²) in [6.45, 7) is 3.26. The van der Waals surface area contributed by atoms with E-state index in [1.165, 1.54) is 0 Å². The van der Waals surface area contributed by atoms with E-state index in [-0.39, 0.29) is 24.5 Å². The minimum absolute atomic E-state index is 0.0392. The van der Waals surface area contributed by atoms with Crippen molar-refractivity contribution in [1.29, 1.82) is 0 Å². The standard InChI is InChI=1S/C8H15NO3/c1-8(2,12)6-5(3-4-10)9-7(6)11/h5-6,10,12H,3-4H2,1-2H3,(H,9,11)/t5-,6+/m0/s1. The van der Waals surface area contributed by atoms with Crippen LogP contribution in [0.3, 0.4) is 0 Å². The lowest BCUT2D eigenvalue weighted by molar-refractivity contribution is -0.148. The Morgan fingerprint density at radius 2 is 2.17 bits per heavy atom. The first-order chi connectivity index (χ1) is 5.46. The van der Waals surface area contributed by atoms with Gasteiger partial charge < -0.3 is 15.5 Å². The van der Waals surface area contributed by atoms with Gasteiger partial charge in [0.1, 0.15) is 0 Å². The molecule has 1 fully saturated rings. The minimum Gasteiger partial charge on any atom is -0.396 e. The molecule has 1 heterocycles. The van der Waals surface area contributed by atoms with Gasteiger partial charge in [0.2, 0.25) is 5.91 Å². The third-order valence-electron chi connectivity index (χ3n) is 2.21. The third kappa shape index (κ3) is 1.59. The average Bonchev–Trinajstić information content (AvgIpc) is 1.82. The van der Waals surface area contributed by atoms with E-state index in [2.05, 4.69) is 5.32 Å². The van der Waals surface area contributed by atoms with Gasteiger partial charge in [-0.1, -0.05) is 0 Å². The third-order valence-corrected chi connectivity index (χ3v) is 2.21. The number of rotatable bonds is 3. The van der Waals surface area contributed by atoms with Crippen molar-refractivity contribution in [3.05, 3.63) is 0 Å². The summed E-state index contributed by atoms with van der Waals surface area (Å²) in [5, 5.41) is 20.8. The Hall–Kier alpha value is -0.610. The van der Waals surface area contributed by atoms with Gasteiger partial charge in [-0.2, -0.15) is 0 Å². The minimum atomic E-state index is -0.984. The molecule has 1 aliphatic heterocycles. The second kappa shape index (κ2) is 3.03. The molecule has 0 radical (unpaired) electrons. The molecule has 4 nitrogen and oxygen atoms in total. The molecule has 0 bridgehead atoms. The van der Waals surface area contributed by atoms with Gasteiger partial charge in [0.05, 0.1) is 11.5 Å². The van der Waals surface area contributed by atoms with E-state index >= 15 is 0 Å². The molecule has 0 aromatic rings. The molecule has 0 saturated carbocycles. The molecule has 1 rings (SSSR count).